The molecule has 1 amide bonds. The van der Waals surface area contributed by atoms with Gasteiger partial charge in [-0.15, -0.1) is 0 Å². The summed E-state index contributed by atoms with van der Waals surface area (Å²) >= 11 is 0. The van der Waals surface area contributed by atoms with E-state index >= 15 is 0 Å². The molecule has 0 aromatic heterocycles. The van der Waals surface area contributed by atoms with E-state index in [0.717, 1.165) is 51.6 Å². The van der Waals surface area contributed by atoms with E-state index in [1.165, 1.54) is 19.4 Å². The van der Waals surface area contributed by atoms with Gasteiger partial charge in [0, 0.05) is 38.6 Å². The van der Waals surface area contributed by atoms with Crippen LogP contribution >= 0.6 is 0 Å². The molecule has 1 aliphatic carbocycles. The SMILES string of the molecule is CC(C)CN1CCN(C(=O)C2CC23CCNCC3)CC1. The molecule has 20 heavy (non-hydrogen) atoms. The van der Waals surface area contributed by atoms with Crippen molar-refractivity contribution >= 4 is 5.91 Å². The minimum absolute atomic E-state index is 0.348. The lowest BCUT2D eigenvalue weighted by molar-refractivity contribution is -0.135. The zero-order valence-corrected chi connectivity index (χ0v) is 13.0. The highest BCUT2D eigenvalue weighted by Gasteiger charge is 2.58. The van der Waals surface area contributed by atoms with Crippen LogP contribution in [0.25, 0.3) is 0 Å². The molecule has 114 valence electrons. The Balaban J connectivity index is 1.48. The second kappa shape index (κ2) is 5.64. The van der Waals surface area contributed by atoms with Crippen LogP contribution in [0.5, 0.6) is 0 Å². The Hall–Kier alpha value is -0.610. The lowest BCUT2D eigenvalue weighted by Crippen LogP contribution is -2.50. The smallest absolute Gasteiger partial charge is 0.226 e. The highest BCUT2D eigenvalue weighted by atomic mass is 16.2. The summed E-state index contributed by atoms with van der Waals surface area (Å²) in [5.41, 5.74) is 0.386. The molecular weight excluding hydrogens is 250 g/mol. The molecule has 2 saturated heterocycles. The van der Waals surface area contributed by atoms with Crippen LogP contribution in [0, 0.1) is 17.3 Å². The normalized spacial score (nSPS) is 29.9. The van der Waals surface area contributed by atoms with E-state index in [1.54, 1.807) is 0 Å². The molecule has 1 spiro atoms. The molecule has 3 fully saturated rings. The third-order valence-corrected chi connectivity index (χ3v) is 5.39. The van der Waals surface area contributed by atoms with Gasteiger partial charge in [0.2, 0.25) is 5.91 Å². The number of piperazine rings is 1. The van der Waals surface area contributed by atoms with Crippen molar-refractivity contribution in [2.24, 2.45) is 17.3 Å². The van der Waals surface area contributed by atoms with Gasteiger partial charge in [-0.25, -0.2) is 0 Å². The van der Waals surface area contributed by atoms with Gasteiger partial charge in [-0.3, -0.25) is 9.69 Å². The summed E-state index contributed by atoms with van der Waals surface area (Å²) in [6, 6.07) is 0. The molecule has 3 rings (SSSR count). The molecule has 4 heteroatoms. The van der Waals surface area contributed by atoms with E-state index in [1.807, 2.05) is 0 Å². The molecule has 0 aromatic carbocycles. The van der Waals surface area contributed by atoms with Gasteiger partial charge in [-0.2, -0.15) is 0 Å². The van der Waals surface area contributed by atoms with Crippen molar-refractivity contribution in [2.75, 3.05) is 45.8 Å². The van der Waals surface area contributed by atoms with E-state index in [4.69, 9.17) is 0 Å². The zero-order valence-electron chi connectivity index (χ0n) is 13.0. The van der Waals surface area contributed by atoms with E-state index < -0.39 is 0 Å². The fraction of sp³-hybridized carbons (Fsp3) is 0.938. The monoisotopic (exact) mass is 279 g/mol. The number of rotatable bonds is 3. The fourth-order valence-electron chi connectivity index (χ4n) is 4.06. The quantitative estimate of drug-likeness (QED) is 0.842. The number of carbonyl (C=O) groups is 1. The lowest BCUT2D eigenvalue weighted by atomic mass is 9.91. The summed E-state index contributed by atoms with van der Waals surface area (Å²) in [7, 11) is 0. The summed E-state index contributed by atoms with van der Waals surface area (Å²) in [6.07, 6.45) is 3.56. The van der Waals surface area contributed by atoms with Crippen LogP contribution in [0.4, 0.5) is 0 Å². The summed E-state index contributed by atoms with van der Waals surface area (Å²) in [4.78, 5) is 17.3. The number of hydrogen-bond acceptors (Lipinski definition) is 3. The molecule has 4 nitrogen and oxygen atoms in total. The predicted octanol–water partition coefficient (Wildman–Crippen LogP) is 1.18. The van der Waals surface area contributed by atoms with E-state index in [9.17, 15) is 4.79 Å². The molecular formula is C16H29N3O. The summed E-state index contributed by atoms with van der Waals surface area (Å²) in [5.74, 6) is 1.52. The van der Waals surface area contributed by atoms with Crippen LogP contribution in [0.3, 0.4) is 0 Å². The highest BCUT2D eigenvalue weighted by Crippen LogP contribution is 2.59. The van der Waals surface area contributed by atoms with Crippen molar-refractivity contribution < 1.29 is 4.79 Å². The fourth-order valence-corrected chi connectivity index (χ4v) is 4.06. The lowest BCUT2D eigenvalue weighted by Gasteiger charge is -2.36. The zero-order chi connectivity index (χ0) is 14.2. The summed E-state index contributed by atoms with van der Waals surface area (Å²) in [6.45, 7) is 11.9. The first kappa shape index (κ1) is 14.3. The third kappa shape index (κ3) is 2.86. The number of amides is 1. The van der Waals surface area contributed by atoms with E-state index in [-0.39, 0.29) is 0 Å². The van der Waals surface area contributed by atoms with Crippen LogP contribution in [0.1, 0.15) is 33.1 Å². The second-order valence-corrected chi connectivity index (χ2v) is 7.39. The molecule has 2 heterocycles. The molecule has 1 N–H and O–H groups in total. The Morgan fingerprint density at radius 3 is 2.45 bits per heavy atom. The molecule has 2 aliphatic heterocycles. The average Bonchev–Trinajstić information content (AvgIpc) is 3.12. The average molecular weight is 279 g/mol. The van der Waals surface area contributed by atoms with Crippen molar-refractivity contribution in [3.05, 3.63) is 0 Å². The second-order valence-electron chi connectivity index (χ2n) is 7.39. The van der Waals surface area contributed by atoms with Crippen LogP contribution in [-0.2, 0) is 4.79 Å². The van der Waals surface area contributed by atoms with Gasteiger partial charge in [-0.1, -0.05) is 13.8 Å². The Bertz CT molecular complexity index is 355. The minimum atomic E-state index is 0.348. The van der Waals surface area contributed by atoms with Crippen molar-refractivity contribution in [1.82, 2.24) is 15.1 Å². The predicted molar refractivity (Wildman–Crippen MR) is 80.5 cm³/mol. The summed E-state index contributed by atoms with van der Waals surface area (Å²) < 4.78 is 0. The minimum Gasteiger partial charge on any atom is -0.340 e. The Morgan fingerprint density at radius 2 is 1.85 bits per heavy atom. The maximum absolute atomic E-state index is 12.6. The van der Waals surface area contributed by atoms with Crippen molar-refractivity contribution in [1.29, 1.82) is 0 Å². The molecule has 0 aromatic rings. The van der Waals surface area contributed by atoms with Crippen LogP contribution < -0.4 is 5.32 Å². The van der Waals surface area contributed by atoms with Crippen LogP contribution in [0.15, 0.2) is 0 Å². The number of hydrogen-bond donors (Lipinski definition) is 1. The first-order valence-corrected chi connectivity index (χ1v) is 8.33. The standard InChI is InChI=1S/C16H29N3O/c1-13(2)12-18-7-9-19(10-8-18)15(20)14-11-16(14)3-5-17-6-4-16/h13-14,17H,3-12H2,1-2H3. The van der Waals surface area contributed by atoms with Gasteiger partial charge < -0.3 is 10.2 Å². The largest absolute Gasteiger partial charge is 0.340 e. The Morgan fingerprint density at radius 1 is 1.20 bits per heavy atom. The Labute approximate surface area is 122 Å². The number of piperidine rings is 1. The van der Waals surface area contributed by atoms with Crippen LogP contribution in [-0.4, -0.2) is 61.5 Å². The number of nitrogens with zero attached hydrogens (tertiary/aromatic N) is 2. The van der Waals surface area contributed by atoms with Crippen molar-refractivity contribution in [3.63, 3.8) is 0 Å². The first-order chi connectivity index (χ1) is 9.61. The van der Waals surface area contributed by atoms with E-state index in [0.29, 0.717) is 17.2 Å². The van der Waals surface area contributed by atoms with Gasteiger partial charge in [0.15, 0.2) is 0 Å². The molecule has 3 aliphatic rings. The van der Waals surface area contributed by atoms with Crippen molar-refractivity contribution in [2.45, 2.75) is 33.1 Å². The topological polar surface area (TPSA) is 35.6 Å². The molecule has 1 saturated carbocycles. The maximum Gasteiger partial charge on any atom is 0.226 e. The van der Waals surface area contributed by atoms with Gasteiger partial charge in [0.05, 0.1) is 0 Å². The molecule has 1 atom stereocenters. The highest BCUT2D eigenvalue weighted by molar-refractivity contribution is 5.82. The van der Waals surface area contributed by atoms with Gasteiger partial charge in [0.25, 0.3) is 0 Å². The molecule has 1 unspecified atom stereocenters. The Kier molecular flexibility index (Phi) is 4.04. The van der Waals surface area contributed by atoms with Crippen LogP contribution in [0.2, 0.25) is 0 Å². The molecule has 0 radical (unpaired) electrons. The first-order valence-electron chi connectivity index (χ1n) is 8.33. The summed E-state index contributed by atoms with van der Waals surface area (Å²) in [5, 5.41) is 3.41. The van der Waals surface area contributed by atoms with Crippen molar-refractivity contribution in [3.8, 4) is 0 Å². The van der Waals surface area contributed by atoms with E-state index in [2.05, 4.69) is 29.0 Å². The van der Waals surface area contributed by atoms with Gasteiger partial charge >= 0.3 is 0 Å². The maximum atomic E-state index is 12.6. The van der Waals surface area contributed by atoms with Gasteiger partial charge in [0.1, 0.15) is 0 Å². The molecule has 0 bridgehead atoms. The number of carbonyl (C=O) groups excluding carboxylic acids is 1. The number of nitrogens with one attached hydrogen (secondary N) is 1. The van der Waals surface area contributed by atoms with Gasteiger partial charge in [-0.05, 0) is 43.7 Å². The third-order valence-electron chi connectivity index (χ3n) is 5.39.